The first kappa shape index (κ1) is 12.6. The zero-order valence-electron chi connectivity index (χ0n) is 10.5. The normalized spacial score (nSPS) is 22.4. The minimum absolute atomic E-state index is 0.154. The Balaban J connectivity index is 1.86. The van der Waals surface area contributed by atoms with Crippen LogP contribution in [0.5, 0.6) is 0 Å². The van der Waals surface area contributed by atoms with Crippen molar-refractivity contribution in [1.82, 2.24) is 10.3 Å². The van der Waals surface area contributed by atoms with E-state index in [1.54, 1.807) is 12.1 Å². The maximum atomic E-state index is 11.8. The average Bonchev–Trinajstić information content (AvgIpc) is 2.82. The number of hydrogen-bond acceptors (Lipinski definition) is 3. The Labute approximate surface area is 107 Å². The molecule has 94 valence electrons. The maximum Gasteiger partial charge on any atom is 0.269 e. The Hall–Kier alpha value is -1.89. The number of carbonyl (C=O) groups is 1. The SMILES string of the molecule is CC1CCC(CNC(=O)c2ccc(C#N)cn2)C1. The highest BCUT2D eigenvalue weighted by Crippen LogP contribution is 2.29. The van der Waals surface area contributed by atoms with Crippen LogP contribution in [0.2, 0.25) is 0 Å². The summed E-state index contributed by atoms with van der Waals surface area (Å²) in [5.74, 6) is 1.22. The van der Waals surface area contributed by atoms with Crippen LogP contribution in [0, 0.1) is 23.2 Å². The molecule has 0 aromatic carbocycles. The minimum atomic E-state index is -0.154. The molecule has 1 heterocycles. The highest BCUT2D eigenvalue weighted by Gasteiger charge is 2.21. The molecule has 0 radical (unpaired) electrons. The van der Waals surface area contributed by atoms with Gasteiger partial charge in [0.1, 0.15) is 11.8 Å². The van der Waals surface area contributed by atoms with Crippen molar-refractivity contribution in [1.29, 1.82) is 5.26 Å². The van der Waals surface area contributed by atoms with Gasteiger partial charge in [0.2, 0.25) is 0 Å². The first-order valence-electron chi connectivity index (χ1n) is 6.33. The van der Waals surface area contributed by atoms with Gasteiger partial charge < -0.3 is 5.32 Å². The summed E-state index contributed by atoms with van der Waals surface area (Å²) in [4.78, 5) is 15.8. The van der Waals surface area contributed by atoms with E-state index in [4.69, 9.17) is 5.26 Å². The van der Waals surface area contributed by atoms with Crippen LogP contribution in [-0.2, 0) is 0 Å². The van der Waals surface area contributed by atoms with Crippen molar-refractivity contribution >= 4 is 5.91 Å². The molecule has 1 aromatic rings. The van der Waals surface area contributed by atoms with Gasteiger partial charge in [0, 0.05) is 12.7 Å². The second-order valence-corrected chi connectivity index (χ2v) is 5.04. The van der Waals surface area contributed by atoms with Crippen molar-refractivity contribution in [2.24, 2.45) is 11.8 Å². The summed E-state index contributed by atoms with van der Waals surface area (Å²) in [5, 5.41) is 11.6. The summed E-state index contributed by atoms with van der Waals surface area (Å²) < 4.78 is 0. The zero-order chi connectivity index (χ0) is 13.0. The largest absolute Gasteiger partial charge is 0.350 e. The van der Waals surface area contributed by atoms with Gasteiger partial charge in [-0.1, -0.05) is 13.3 Å². The van der Waals surface area contributed by atoms with Crippen LogP contribution in [0.15, 0.2) is 18.3 Å². The second-order valence-electron chi connectivity index (χ2n) is 5.04. The fraction of sp³-hybridized carbons (Fsp3) is 0.500. The van der Waals surface area contributed by atoms with Crippen molar-refractivity contribution in [2.45, 2.75) is 26.2 Å². The predicted octanol–water partition coefficient (Wildman–Crippen LogP) is 2.12. The molecule has 1 aliphatic rings. The van der Waals surface area contributed by atoms with E-state index in [9.17, 15) is 4.79 Å². The van der Waals surface area contributed by atoms with Gasteiger partial charge in [0.25, 0.3) is 5.91 Å². The third kappa shape index (κ3) is 3.07. The Bertz CT molecular complexity index is 461. The summed E-state index contributed by atoms with van der Waals surface area (Å²) >= 11 is 0. The first-order chi connectivity index (χ1) is 8.69. The molecule has 18 heavy (non-hydrogen) atoms. The van der Waals surface area contributed by atoms with Crippen LogP contribution >= 0.6 is 0 Å². The van der Waals surface area contributed by atoms with Crippen LogP contribution in [0.1, 0.15) is 42.2 Å². The Morgan fingerprint density at radius 3 is 2.94 bits per heavy atom. The predicted molar refractivity (Wildman–Crippen MR) is 67.8 cm³/mol. The molecule has 1 fully saturated rings. The molecular weight excluding hydrogens is 226 g/mol. The van der Waals surface area contributed by atoms with Crippen LogP contribution in [-0.4, -0.2) is 17.4 Å². The van der Waals surface area contributed by atoms with Gasteiger partial charge in [-0.3, -0.25) is 4.79 Å². The lowest BCUT2D eigenvalue weighted by atomic mass is 10.1. The molecular formula is C14H17N3O. The molecule has 0 aliphatic heterocycles. The number of carbonyl (C=O) groups excluding carboxylic acids is 1. The molecule has 1 saturated carbocycles. The number of rotatable bonds is 3. The van der Waals surface area contributed by atoms with Crippen molar-refractivity contribution < 1.29 is 4.79 Å². The maximum absolute atomic E-state index is 11.8. The minimum Gasteiger partial charge on any atom is -0.350 e. The van der Waals surface area contributed by atoms with Gasteiger partial charge in [-0.05, 0) is 36.8 Å². The van der Waals surface area contributed by atoms with Gasteiger partial charge in [-0.25, -0.2) is 4.98 Å². The second kappa shape index (κ2) is 5.63. The monoisotopic (exact) mass is 243 g/mol. The molecule has 0 saturated heterocycles. The Morgan fingerprint density at radius 2 is 2.39 bits per heavy atom. The molecule has 1 aliphatic carbocycles. The molecule has 0 bridgehead atoms. The number of hydrogen-bond donors (Lipinski definition) is 1. The van der Waals surface area contributed by atoms with Gasteiger partial charge in [0.15, 0.2) is 0 Å². The average molecular weight is 243 g/mol. The third-order valence-electron chi connectivity index (χ3n) is 3.48. The van der Waals surface area contributed by atoms with Crippen LogP contribution < -0.4 is 5.32 Å². The van der Waals surface area contributed by atoms with Crippen molar-refractivity contribution in [3.05, 3.63) is 29.6 Å². The highest BCUT2D eigenvalue weighted by atomic mass is 16.1. The molecule has 2 unspecified atom stereocenters. The summed E-state index contributed by atoms with van der Waals surface area (Å²) in [5.41, 5.74) is 0.844. The highest BCUT2D eigenvalue weighted by molar-refractivity contribution is 5.92. The van der Waals surface area contributed by atoms with Crippen LogP contribution in [0.4, 0.5) is 0 Å². The lowest BCUT2D eigenvalue weighted by Gasteiger charge is -2.10. The standard InChI is InChI=1S/C14H17N3O/c1-10-2-3-11(6-10)8-17-14(18)13-5-4-12(7-15)9-16-13/h4-5,9-11H,2-3,6,8H2,1H3,(H,17,18). The number of amides is 1. The van der Waals surface area contributed by atoms with Crippen molar-refractivity contribution in [3.63, 3.8) is 0 Å². The quantitative estimate of drug-likeness (QED) is 0.884. The number of nitrogens with zero attached hydrogens (tertiary/aromatic N) is 2. The van der Waals surface area contributed by atoms with Crippen molar-refractivity contribution in [3.8, 4) is 6.07 Å². The van der Waals surface area contributed by atoms with E-state index < -0.39 is 0 Å². The molecule has 1 aromatic heterocycles. The fourth-order valence-electron chi connectivity index (χ4n) is 2.43. The van der Waals surface area contributed by atoms with Crippen molar-refractivity contribution in [2.75, 3.05) is 6.54 Å². The van der Waals surface area contributed by atoms with Gasteiger partial charge in [-0.2, -0.15) is 5.26 Å². The number of pyridine rings is 1. The molecule has 1 amide bonds. The molecule has 4 nitrogen and oxygen atoms in total. The summed E-state index contributed by atoms with van der Waals surface area (Å²) in [6.45, 7) is 2.98. The van der Waals surface area contributed by atoms with E-state index in [0.717, 1.165) is 12.5 Å². The van der Waals surface area contributed by atoms with Gasteiger partial charge in [-0.15, -0.1) is 0 Å². The van der Waals surface area contributed by atoms with Crippen LogP contribution in [0.3, 0.4) is 0 Å². The zero-order valence-corrected chi connectivity index (χ0v) is 10.5. The topological polar surface area (TPSA) is 65.8 Å². The fourth-order valence-corrected chi connectivity index (χ4v) is 2.43. The lowest BCUT2D eigenvalue weighted by Crippen LogP contribution is -2.29. The van der Waals surface area contributed by atoms with E-state index in [1.165, 1.54) is 25.5 Å². The third-order valence-corrected chi connectivity index (χ3v) is 3.48. The Kier molecular flexibility index (Phi) is 3.93. The van der Waals surface area contributed by atoms with E-state index in [-0.39, 0.29) is 5.91 Å². The van der Waals surface area contributed by atoms with E-state index in [1.807, 2.05) is 6.07 Å². The number of aromatic nitrogens is 1. The molecule has 4 heteroatoms. The number of nitrogens with one attached hydrogen (secondary N) is 1. The van der Waals surface area contributed by atoms with E-state index in [0.29, 0.717) is 17.2 Å². The van der Waals surface area contributed by atoms with Crippen LogP contribution in [0.25, 0.3) is 0 Å². The lowest BCUT2D eigenvalue weighted by molar-refractivity contribution is 0.0942. The molecule has 0 spiro atoms. The summed E-state index contributed by atoms with van der Waals surface area (Å²) in [7, 11) is 0. The van der Waals surface area contributed by atoms with E-state index in [2.05, 4.69) is 17.2 Å². The van der Waals surface area contributed by atoms with Gasteiger partial charge >= 0.3 is 0 Å². The molecule has 2 atom stereocenters. The Morgan fingerprint density at radius 1 is 1.56 bits per heavy atom. The summed E-state index contributed by atoms with van der Waals surface area (Å²) in [6.07, 6.45) is 5.07. The molecule has 2 rings (SSSR count). The molecule has 1 N–H and O–H groups in total. The smallest absolute Gasteiger partial charge is 0.269 e. The van der Waals surface area contributed by atoms with E-state index >= 15 is 0 Å². The number of nitriles is 1. The van der Waals surface area contributed by atoms with Gasteiger partial charge in [0.05, 0.1) is 5.56 Å². The summed E-state index contributed by atoms with van der Waals surface area (Å²) in [6, 6.07) is 5.18. The first-order valence-corrected chi connectivity index (χ1v) is 6.33.